The van der Waals surface area contributed by atoms with Gasteiger partial charge in [0.2, 0.25) is 0 Å². The first-order valence-electron chi connectivity index (χ1n) is 19.3. The Bertz CT molecular complexity index is 2930. The molecule has 1 unspecified atom stereocenters. The molecule has 262 valence electrons. The van der Waals surface area contributed by atoms with Crippen molar-refractivity contribution in [2.24, 2.45) is 0 Å². The Balaban J connectivity index is 1.17. The zero-order valence-electron chi connectivity index (χ0n) is 30.7. The number of fused-ring (bicyclic) bond motifs is 7. The van der Waals surface area contributed by atoms with Gasteiger partial charge in [-0.25, -0.2) is 4.98 Å². The van der Waals surface area contributed by atoms with E-state index in [4.69, 9.17) is 4.98 Å². The second kappa shape index (κ2) is 13.2. The van der Waals surface area contributed by atoms with E-state index in [1.165, 1.54) is 66.4 Å². The molecule has 10 aromatic rings. The van der Waals surface area contributed by atoms with Crippen LogP contribution in [0, 0.1) is 0 Å². The minimum absolute atomic E-state index is 0.0906. The standard InChI is InChI=1S/C54H36N2/c1-4-14-36(15-5-1)38-24-26-40(27-25-38)43-34-49(41-30-28-39(29-31-41)37-16-6-2-7-17-37)55-51(35-43)56-50-23-13-12-21-45(50)48-33-32-47-44-20-10-11-22-46(44)52(53(47)54(48)56)42-18-8-3-9-19-42/h1-35,52H. The van der Waals surface area contributed by atoms with E-state index in [-0.39, 0.29) is 5.92 Å². The molecule has 1 aliphatic carbocycles. The smallest absolute Gasteiger partial charge is 0.138 e. The van der Waals surface area contributed by atoms with E-state index in [0.717, 1.165) is 33.7 Å². The van der Waals surface area contributed by atoms with Gasteiger partial charge in [-0.05, 0) is 79.4 Å². The van der Waals surface area contributed by atoms with Crippen molar-refractivity contribution in [1.29, 1.82) is 0 Å². The molecule has 1 atom stereocenters. The Hall–Kier alpha value is -7.29. The van der Waals surface area contributed by atoms with Crippen LogP contribution < -0.4 is 0 Å². The second-order valence-electron chi connectivity index (χ2n) is 14.7. The van der Waals surface area contributed by atoms with Crippen molar-refractivity contribution in [3.63, 3.8) is 0 Å². The van der Waals surface area contributed by atoms with Gasteiger partial charge in [0, 0.05) is 22.3 Å². The predicted octanol–water partition coefficient (Wildman–Crippen LogP) is 14.0. The largest absolute Gasteiger partial charge is 0.293 e. The van der Waals surface area contributed by atoms with Crippen LogP contribution in [0.15, 0.2) is 212 Å². The maximum absolute atomic E-state index is 5.57. The van der Waals surface area contributed by atoms with Gasteiger partial charge in [0.15, 0.2) is 0 Å². The molecule has 2 heteroatoms. The first-order chi connectivity index (χ1) is 27.8. The number of nitrogens with zero attached hydrogens (tertiary/aromatic N) is 2. The van der Waals surface area contributed by atoms with Crippen LogP contribution in [-0.2, 0) is 0 Å². The first-order valence-corrected chi connectivity index (χ1v) is 19.3. The summed E-state index contributed by atoms with van der Waals surface area (Å²) < 4.78 is 2.44. The van der Waals surface area contributed by atoms with Gasteiger partial charge in [-0.2, -0.15) is 0 Å². The molecule has 0 N–H and O–H groups in total. The van der Waals surface area contributed by atoms with Crippen molar-refractivity contribution in [3.05, 3.63) is 229 Å². The fourth-order valence-corrected chi connectivity index (χ4v) is 8.88. The number of rotatable bonds is 6. The third-order valence-corrected chi connectivity index (χ3v) is 11.5. The quantitative estimate of drug-likeness (QED) is 0.168. The highest BCUT2D eigenvalue weighted by Gasteiger charge is 2.34. The van der Waals surface area contributed by atoms with Crippen molar-refractivity contribution >= 4 is 21.8 Å². The van der Waals surface area contributed by atoms with Crippen LogP contribution in [0.2, 0.25) is 0 Å². The molecule has 2 heterocycles. The highest BCUT2D eigenvalue weighted by molar-refractivity contribution is 6.13. The van der Waals surface area contributed by atoms with Crippen LogP contribution in [0.4, 0.5) is 0 Å². The van der Waals surface area contributed by atoms with E-state index < -0.39 is 0 Å². The number of hydrogen-bond donors (Lipinski definition) is 0. The lowest BCUT2D eigenvalue weighted by molar-refractivity contribution is 1.00. The van der Waals surface area contributed by atoms with Gasteiger partial charge in [0.25, 0.3) is 0 Å². The monoisotopic (exact) mass is 712 g/mol. The van der Waals surface area contributed by atoms with E-state index in [0.29, 0.717) is 0 Å². The van der Waals surface area contributed by atoms with Gasteiger partial charge in [0.05, 0.1) is 16.7 Å². The van der Waals surface area contributed by atoms with Crippen molar-refractivity contribution in [2.75, 3.05) is 0 Å². The normalized spacial score (nSPS) is 13.2. The molecule has 0 amide bonds. The molecule has 0 saturated heterocycles. The van der Waals surface area contributed by atoms with E-state index in [1.807, 2.05) is 0 Å². The number of para-hydroxylation sites is 1. The lowest BCUT2D eigenvalue weighted by Crippen LogP contribution is -2.05. The third kappa shape index (κ3) is 5.30. The maximum atomic E-state index is 5.57. The zero-order valence-corrected chi connectivity index (χ0v) is 30.7. The average Bonchev–Trinajstić information content (AvgIpc) is 3.80. The minimum Gasteiger partial charge on any atom is -0.293 e. The van der Waals surface area contributed by atoms with Crippen molar-refractivity contribution in [3.8, 4) is 61.6 Å². The molecule has 0 radical (unpaired) electrons. The number of hydrogen-bond acceptors (Lipinski definition) is 1. The molecule has 0 aliphatic heterocycles. The number of benzene rings is 8. The summed E-state index contributed by atoms with van der Waals surface area (Å²) in [6.45, 7) is 0. The van der Waals surface area contributed by atoms with Crippen LogP contribution in [0.25, 0.3) is 83.4 Å². The van der Waals surface area contributed by atoms with Gasteiger partial charge in [-0.15, -0.1) is 0 Å². The molecule has 8 aromatic carbocycles. The van der Waals surface area contributed by atoms with Crippen molar-refractivity contribution in [1.82, 2.24) is 9.55 Å². The molecule has 2 aromatic heterocycles. The van der Waals surface area contributed by atoms with Gasteiger partial charge in [-0.1, -0.05) is 194 Å². The van der Waals surface area contributed by atoms with Crippen molar-refractivity contribution < 1.29 is 0 Å². The van der Waals surface area contributed by atoms with Crippen LogP contribution in [0.5, 0.6) is 0 Å². The number of aromatic nitrogens is 2. The summed E-state index contributed by atoms with van der Waals surface area (Å²) in [6, 6.07) is 76.9. The van der Waals surface area contributed by atoms with Gasteiger partial charge in [0.1, 0.15) is 5.82 Å². The van der Waals surface area contributed by atoms with Crippen molar-refractivity contribution in [2.45, 2.75) is 5.92 Å². The number of pyridine rings is 1. The lowest BCUT2D eigenvalue weighted by atomic mass is 9.88. The Kier molecular flexibility index (Phi) is 7.60. The molecule has 2 nitrogen and oxygen atoms in total. The SMILES string of the molecule is c1ccc(-c2ccc(-c3cc(-c4ccc(-c5ccccc5)cc4)nc(-n4c5ccccc5c5ccc6c(c54)C(c4ccccc4)c4ccccc4-6)c3)cc2)cc1. The summed E-state index contributed by atoms with van der Waals surface area (Å²) in [5.41, 5.74) is 18.0. The highest BCUT2D eigenvalue weighted by atomic mass is 15.1. The molecular formula is C54H36N2. The summed E-state index contributed by atoms with van der Waals surface area (Å²) in [5, 5.41) is 2.46. The summed E-state index contributed by atoms with van der Waals surface area (Å²) in [5.74, 6) is 0.993. The van der Waals surface area contributed by atoms with Crippen LogP contribution in [0.3, 0.4) is 0 Å². The summed E-state index contributed by atoms with van der Waals surface area (Å²) in [6.07, 6.45) is 0. The highest BCUT2D eigenvalue weighted by Crippen LogP contribution is 2.52. The van der Waals surface area contributed by atoms with Gasteiger partial charge >= 0.3 is 0 Å². The van der Waals surface area contributed by atoms with E-state index in [1.54, 1.807) is 0 Å². The Morgan fingerprint density at radius 2 is 0.911 bits per heavy atom. The minimum atomic E-state index is 0.0906. The van der Waals surface area contributed by atoms with Gasteiger partial charge < -0.3 is 0 Å². The molecule has 11 rings (SSSR count). The topological polar surface area (TPSA) is 17.8 Å². The van der Waals surface area contributed by atoms with E-state index in [9.17, 15) is 0 Å². The van der Waals surface area contributed by atoms with Gasteiger partial charge in [-0.3, -0.25) is 4.57 Å². The fraction of sp³-hybridized carbons (Fsp3) is 0.0185. The Morgan fingerprint density at radius 3 is 1.59 bits per heavy atom. The predicted molar refractivity (Wildman–Crippen MR) is 233 cm³/mol. The molecule has 0 bridgehead atoms. The molecule has 56 heavy (non-hydrogen) atoms. The fourth-order valence-electron chi connectivity index (χ4n) is 8.88. The lowest BCUT2D eigenvalue weighted by Gasteiger charge is -2.18. The molecule has 0 saturated carbocycles. The summed E-state index contributed by atoms with van der Waals surface area (Å²) in [4.78, 5) is 5.57. The Labute approximate surface area is 326 Å². The van der Waals surface area contributed by atoms with E-state index in [2.05, 4.69) is 217 Å². The van der Waals surface area contributed by atoms with Crippen LogP contribution in [0.1, 0.15) is 22.6 Å². The zero-order chi connectivity index (χ0) is 37.0. The molecule has 1 aliphatic rings. The first kappa shape index (κ1) is 32.2. The molecule has 0 fully saturated rings. The summed E-state index contributed by atoms with van der Waals surface area (Å²) >= 11 is 0. The van der Waals surface area contributed by atoms with Crippen LogP contribution >= 0.6 is 0 Å². The average molecular weight is 713 g/mol. The van der Waals surface area contributed by atoms with Crippen LogP contribution in [-0.4, -0.2) is 9.55 Å². The summed E-state index contributed by atoms with van der Waals surface area (Å²) in [7, 11) is 0. The molecule has 0 spiro atoms. The second-order valence-corrected chi connectivity index (χ2v) is 14.7. The molecular weight excluding hydrogens is 677 g/mol. The maximum Gasteiger partial charge on any atom is 0.138 e. The third-order valence-electron chi connectivity index (χ3n) is 11.5. The van der Waals surface area contributed by atoms with E-state index >= 15 is 0 Å². The Morgan fingerprint density at radius 1 is 0.375 bits per heavy atom.